The Morgan fingerprint density at radius 3 is 2.62 bits per heavy atom. The fraction of sp³-hybridized carbons (Fsp3) is 0.750. The summed E-state index contributed by atoms with van der Waals surface area (Å²) in [5, 5.41) is 4.78. The second kappa shape index (κ2) is 6.39. The summed E-state index contributed by atoms with van der Waals surface area (Å²) in [5.74, 6) is 0.479. The highest BCUT2D eigenvalue weighted by atomic mass is 32.2. The first-order valence-corrected chi connectivity index (χ1v) is 10.2. The molecule has 1 fully saturated rings. The number of thiophene rings is 1. The van der Waals surface area contributed by atoms with Gasteiger partial charge in [0.25, 0.3) is 0 Å². The van der Waals surface area contributed by atoms with Crippen molar-refractivity contribution in [2.45, 2.75) is 62.0 Å². The van der Waals surface area contributed by atoms with Gasteiger partial charge in [-0.3, -0.25) is 0 Å². The topological polar surface area (TPSA) is 46.2 Å². The predicted molar refractivity (Wildman–Crippen MR) is 89.6 cm³/mol. The van der Waals surface area contributed by atoms with E-state index in [-0.39, 0.29) is 16.7 Å². The van der Waals surface area contributed by atoms with Crippen LogP contribution in [0.1, 0.15) is 46.5 Å². The lowest BCUT2D eigenvalue weighted by molar-refractivity contribution is 0.140. The van der Waals surface area contributed by atoms with Crippen LogP contribution in [0.3, 0.4) is 0 Å². The third-order valence-electron chi connectivity index (χ3n) is 5.35. The fourth-order valence-corrected chi connectivity index (χ4v) is 6.65. The molecule has 0 saturated heterocycles. The number of rotatable bonds is 5. The van der Waals surface area contributed by atoms with Crippen LogP contribution in [0.25, 0.3) is 0 Å². The van der Waals surface area contributed by atoms with Crippen molar-refractivity contribution in [3.8, 4) is 0 Å². The van der Waals surface area contributed by atoms with Crippen molar-refractivity contribution in [2.24, 2.45) is 11.3 Å². The monoisotopic (exact) mass is 329 g/mol. The number of sulfone groups is 1. The average Bonchev–Trinajstić information content (AvgIpc) is 3.01. The third kappa shape index (κ3) is 3.35. The Balaban J connectivity index is 2.30. The van der Waals surface area contributed by atoms with E-state index in [4.69, 9.17) is 0 Å². The van der Waals surface area contributed by atoms with E-state index in [1.165, 1.54) is 11.3 Å². The molecule has 0 aliphatic heterocycles. The highest BCUT2D eigenvalue weighted by Crippen LogP contribution is 2.43. The Hall–Kier alpha value is -0.390. The van der Waals surface area contributed by atoms with Crippen LogP contribution in [0.5, 0.6) is 0 Å². The molecule has 0 aromatic carbocycles. The molecule has 2 rings (SSSR count). The van der Waals surface area contributed by atoms with Crippen LogP contribution in [0.2, 0.25) is 0 Å². The van der Waals surface area contributed by atoms with Crippen LogP contribution >= 0.6 is 11.3 Å². The maximum Gasteiger partial charge on any atom is 0.192 e. The van der Waals surface area contributed by atoms with Gasteiger partial charge in [0, 0.05) is 6.04 Å². The van der Waals surface area contributed by atoms with Crippen molar-refractivity contribution < 1.29 is 8.42 Å². The summed E-state index contributed by atoms with van der Waals surface area (Å²) in [5.41, 5.74) is 0.210. The van der Waals surface area contributed by atoms with E-state index in [9.17, 15) is 8.42 Å². The van der Waals surface area contributed by atoms with Gasteiger partial charge in [-0.2, -0.15) is 0 Å². The zero-order valence-electron chi connectivity index (χ0n) is 13.4. The molecule has 1 aliphatic carbocycles. The summed E-state index contributed by atoms with van der Waals surface area (Å²) in [7, 11) is -1.34. The molecule has 3 unspecified atom stereocenters. The molecule has 1 saturated carbocycles. The van der Waals surface area contributed by atoms with Gasteiger partial charge in [0.1, 0.15) is 4.21 Å². The Bertz CT molecular complexity index is 549. The van der Waals surface area contributed by atoms with E-state index in [0.717, 1.165) is 25.7 Å². The molecular formula is C16H27NO2S2. The number of nitrogens with one attached hydrogen (secondary N) is 1. The lowest BCUT2D eigenvalue weighted by Crippen LogP contribution is -2.48. The van der Waals surface area contributed by atoms with Gasteiger partial charge in [-0.05, 0) is 49.1 Å². The summed E-state index contributed by atoms with van der Waals surface area (Å²) in [6.07, 6.45) is 3.92. The summed E-state index contributed by atoms with van der Waals surface area (Å²) in [4.78, 5) is 0. The molecule has 3 nitrogen and oxygen atoms in total. The van der Waals surface area contributed by atoms with Crippen LogP contribution in [0.4, 0.5) is 0 Å². The maximum atomic E-state index is 12.9. The summed E-state index contributed by atoms with van der Waals surface area (Å²) < 4.78 is 26.4. The van der Waals surface area contributed by atoms with Crippen LogP contribution in [0.15, 0.2) is 21.7 Å². The summed E-state index contributed by atoms with van der Waals surface area (Å²) in [6.45, 7) is 6.74. The minimum atomic E-state index is -3.23. The van der Waals surface area contributed by atoms with Crippen molar-refractivity contribution in [2.75, 3.05) is 7.05 Å². The van der Waals surface area contributed by atoms with Crippen LogP contribution in [-0.4, -0.2) is 26.8 Å². The van der Waals surface area contributed by atoms with Gasteiger partial charge in [-0.15, -0.1) is 11.3 Å². The summed E-state index contributed by atoms with van der Waals surface area (Å²) >= 11 is 1.33. The standard InChI is InChI=1S/C16H27NO2S2/c1-5-16(2,3)12-8-9-13(17-4)14(11-12)21(18,19)15-7-6-10-20-15/h6-7,10,12-14,17H,5,8-9,11H2,1-4H3. The SMILES string of the molecule is CCC(C)(C)C1CCC(NC)C(S(=O)(=O)c2cccs2)C1. The number of hydrogen-bond donors (Lipinski definition) is 1. The van der Waals surface area contributed by atoms with Crippen LogP contribution in [0, 0.1) is 11.3 Å². The van der Waals surface area contributed by atoms with Crippen molar-refractivity contribution >= 4 is 21.2 Å². The highest BCUT2D eigenvalue weighted by Gasteiger charge is 2.43. The lowest BCUT2D eigenvalue weighted by Gasteiger charge is -2.42. The average molecular weight is 330 g/mol. The second-order valence-electron chi connectivity index (χ2n) is 6.76. The van der Waals surface area contributed by atoms with Crippen molar-refractivity contribution in [3.63, 3.8) is 0 Å². The smallest absolute Gasteiger partial charge is 0.192 e. The molecule has 1 heterocycles. The van der Waals surface area contributed by atoms with E-state index in [1.807, 2.05) is 18.5 Å². The van der Waals surface area contributed by atoms with Gasteiger partial charge in [-0.1, -0.05) is 33.3 Å². The molecular weight excluding hydrogens is 302 g/mol. The maximum absolute atomic E-state index is 12.9. The molecule has 0 bridgehead atoms. The van der Waals surface area contributed by atoms with E-state index < -0.39 is 9.84 Å². The van der Waals surface area contributed by atoms with E-state index in [0.29, 0.717) is 10.1 Å². The van der Waals surface area contributed by atoms with Crippen molar-refractivity contribution in [1.29, 1.82) is 0 Å². The second-order valence-corrected chi connectivity index (χ2v) is 10.1. The molecule has 0 amide bonds. The first-order chi connectivity index (χ1) is 9.82. The molecule has 0 radical (unpaired) electrons. The Kier molecular flexibility index (Phi) is 5.16. The summed E-state index contributed by atoms with van der Waals surface area (Å²) in [6, 6.07) is 3.63. The third-order valence-corrected chi connectivity index (χ3v) is 9.02. The van der Waals surface area contributed by atoms with E-state index in [1.54, 1.807) is 6.07 Å². The highest BCUT2D eigenvalue weighted by molar-refractivity contribution is 7.94. The zero-order valence-corrected chi connectivity index (χ0v) is 15.1. The Morgan fingerprint density at radius 2 is 2.10 bits per heavy atom. The number of hydrogen-bond acceptors (Lipinski definition) is 4. The van der Waals surface area contributed by atoms with Gasteiger partial charge in [0.2, 0.25) is 0 Å². The minimum absolute atomic E-state index is 0.0704. The lowest BCUT2D eigenvalue weighted by atomic mass is 9.68. The first-order valence-electron chi connectivity index (χ1n) is 7.77. The van der Waals surface area contributed by atoms with Crippen LogP contribution < -0.4 is 5.32 Å². The molecule has 1 N–H and O–H groups in total. The van der Waals surface area contributed by atoms with Gasteiger partial charge in [-0.25, -0.2) is 8.42 Å². The van der Waals surface area contributed by atoms with Crippen molar-refractivity contribution in [3.05, 3.63) is 17.5 Å². The molecule has 21 heavy (non-hydrogen) atoms. The van der Waals surface area contributed by atoms with Gasteiger partial charge < -0.3 is 5.32 Å². The molecule has 3 atom stereocenters. The molecule has 5 heteroatoms. The molecule has 1 aromatic rings. The molecule has 1 aliphatic rings. The molecule has 0 spiro atoms. The van der Waals surface area contributed by atoms with Gasteiger partial charge >= 0.3 is 0 Å². The fourth-order valence-electron chi connectivity index (χ4n) is 3.38. The predicted octanol–water partition coefficient (Wildman–Crippen LogP) is 3.71. The van der Waals surface area contributed by atoms with Crippen LogP contribution in [-0.2, 0) is 9.84 Å². The molecule has 120 valence electrons. The largest absolute Gasteiger partial charge is 0.316 e. The Morgan fingerprint density at radius 1 is 1.38 bits per heavy atom. The van der Waals surface area contributed by atoms with E-state index in [2.05, 4.69) is 26.1 Å². The Labute approximate surface area is 133 Å². The van der Waals surface area contributed by atoms with Gasteiger partial charge in [0.05, 0.1) is 5.25 Å². The minimum Gasteiger partial charge on any atom is -0.316 e. The first kappa shape index (κ1) is 17.0. The zero-order chi connectivity index (χ0) is 15.7. The van der Waals surface area contributed by atoms with Crippen molar-refractivity contribution in [1.82, 2.24) is 5.32 Å². The van der Waals surface area contributed by atoms with E-state index >= 15 is 0 Å². The quantitative estimate of drug-likeness (QED) is 0.895. The van der Waals surface area contributed by atoms with Gasteiger partial charge in [0.15, 0.2) is 9.84 Å². The molecule has 1 aromatic heterocycles. The normalized spacial score (nSPS) is 27.7.